The summed E-state index contributed by atoms with van der Waals surface area (Å²) in [6, 6.07) is 7.80. The van der Waals surface area contributed by atoms with Gasteiger partial charge in [-0.3, -0.25) is 38.9 Å². The number of nitrogens with one attached hydrogen (secondary N) is 2. The number of para-hydroxylation sites is 1. The van der Waals surface area contributed by atoms with Gasteiger partial charge in [0.15, 0.2) is 11.3 Å². The molecular weight excluding hydrogens is 878 g/mol. The number of anilines is 2. The highest BCUT2D eigenvalue weighted by atomic mass is 19.3. The number of nitrogens with zero attached hydrogens (tertiary/aromatic N) is 10. The summed E-state index contributed by atoms with van der Waals surface area (Å²) >= 11 is 0. The Morgan fingerprint density at radius 2 is 1.66 bits per heavy atom. The Labute approximate surface area is 391 Å². The molecule has 0 radical (unpaired) electrons. The zero-order valence-electron chi connectivity index (χ0n) is 38.0. The second-order valence-electron chi connectivity index (χ2n) is 19.7. The summed E-state index contributed by atoms with van der Waals surface area (Å²) in [5, 5.41) is 19.5. The van der Waals surface area contributed by atoms with Crippen LogP contribution < -0.4 is 15.5 Å². The maximum absolute atomic E-state index is 15.6. The normalized spacial score (nSPS) is 25.2. The van der Waals surface area contributed by atoms with Crippen molar-refractivity contribution in [1.29, 1.82) is 0 Å². The first kappa shape index (κ1) is 44.7. The predicted octanol–water partition coefficient (Wildman–Crippen LogP) is 6.06. The molecule has 3 aliphatic carbocycles. The van der Waals surface area contributed by atoms with E-state index in [2.05, 4.69) is 47.4 Å². The number of carbonyl (C=O) groups excluding carboxylic acids is 3. The first-order chi connectivity index (χ1) is 33.1. The third-order valence-electron chi connectivity index (χ3n) is 14.8. The lowest BCUT2D eigenvalue weighted by atomic mass is 9.85. The number of hydrogen-bond acceptors (Lipinski definition) is 11. The zero-order chi connectivity index (χ0) is 46.5. The third-order valence-corrected chi connectivity index (χ3v) is 14.8. The van der Waals surface area contributed by atoms with Gasteiger partial charge in [0.25, 0.3) is 12.3 Å². The van der Waals surface area contributed by atoms with Crippen molar-refractivity contribution in [2.24, 2.45) is 11.8 Å². The molecule has 1 unspecified atom stereocenters. The minimum atomic E-state index is -2.89. The number of alkyl halides is 3. The lowest BCUT2D eigenvalue weighted by molar-refractivity contribution is -0.134. The first-order valence-corrected chi connectivity index (χ1v) is 24.4. The predicted molar refractivity (Wildman–Crippen MR) is 246 cm³/mol. The van der Waals surface area contributed by atoms with Crippen molar-refractivity contribution in [1.82, 2.24) is 49.3 Å². The summed E-state index contributed by atoms with van der Waals surface area (Å²) < 4.78 is 55.4. The number of imide groups is 1. The number of aromatic nitrogens is 7. The number of rotatable bonds is 13. The number of hydrogen-bond donors (Lipinski definition) is 2. The van der Waals surface area contributed by atoms with Crippen LogP contribution >= 0.6 is 0 Å². The summed E-state index contributed by atoms with van der Waals surface area (Å²) in [7, 11) is 0. The highest BCUT2D eigenvalue weighted by molar-refractivity contribution is 6.08. The fraction of sp³-hybridized carbons (Fsp3) is 0.571. The molecule has 7 heterocycles. The topological polar surface area (TPSA) is 160 Å². The van der Waals surface area contributed by atoms with Crippen LogP contribution in [0.1, 0.15) is 122 Å². The van der Waals surface area contributed by atoms with Crippen molar-refractivity contribution in [3.8, 4) is 11.8 Å². The average Bonchev–Trinajstić information content (AvgIpc) is 4.23. The van der Waals surface area contributed by atoms with Crippen LogP contribution in [0.5, 0.6) is 0 Å². The molecule has 3 atom stereocenters. The van der Waals surface area contributed by atoms with E-state index in [0.717, 1.165) is 106 Å². The molecule has 4 aromatic heterocycles. The maximum atomic E-state index is 15.6. The van der Waals surface area contributed by atoms with Gasteiger partial charge in [-0.15, -0.1) is 0 Å². The molecule has 1 aromatic carbocycles. The van der Waals surface area contributed by atoms with Gasteiger partial charge >= 0.3 is 0 Å². The number of benzene rings is 1. The van der Waals surface area contributed by atoms with Gasteiger partial charge in [-0.05, 0) is 88.2 Å². The van der Waals surface area contributed by atoms with Gasteiger partial charge in [0.1, 0.15) is 24.2 Å². The van der Waals surface area contributed by atoms with Gasteiger partial charge in [-0.2, -0.15) is 15.3 Å². The van der Waals surface area contributed by atoms with Crippen molar-refractivity contribution >= 4 is 45.8 Å². The minimum Gasteiger partial charge on any atom is -0.362 e. The quantitative estimate of drug-likeness (QED) is 0.104. The van der Waals surface area contributed by atoms with Crippen molar-refractivity contribution in [2.45, 2.75) is 107 Å². The van der Waals surface area contributed by atoms with Crippen LogP contribution in [0.2, 0.25) is 0 Å². The van der Waals surface area contributed by atoms with E-state index >= 15 is 4.39 Å². The molecule has 3 saturated heterocycles. The number of piperazine rings is 1. The summed E-state index contributed by atoms with van der Waals surface area (Å²) in [5.41, 5.74) is 2.37. The number of likely N-dealkylation sites (tertiary alicyclic amines) is 1. The van der Waals surface area contributed by atoms with E-state index in [1.807, 2.05) is 28.9 Å². The van der Waals surface area contributed by atoms with E-state index in [1.165, 1.54) is 29.8 Å². The monoisotopic (exact) mass is 934 g/mol. The molecule has 68 heavy (non-hydrogen) atoms. The van der Waals surface area contributed by atoms with Crippen molar-refractivity contribution in [2.75, 3.05) is 69.2 Å². The highest BCUT2D eigenvalue weighted by Crippen LogP contribution is 2.41. The summed E-state index contributed by atoms with van der Waals surface area (Å²) in [6.07, 6.45) is 9.09. The lowest BCUT2D eigenvalue weighted by Gasteiger charge is -2.38. The fourth-order valence-corrected chi connectivity index (χ4v) is 10.7. The molecule has 16 nitrogen and oxygen atoms in total. The summed E-state index contributed by atoms with van der Waals surface area (Å²) in [6.45, 7) is 6.53. The van der Waals surface area contributed by atoms with Gasteiger partial charge in [-0.25, -0.2) is 22.7 Å². The van der Waals surface area contributed by atoms with Crippen LogP contribution in [0, 0.1) is 23.7 Å². The molecule has 0 bridgehead atoms. The van der Waals surface area contributed by atoms with E-state index in [9.17, 15) is 23.2 Å². The number of amides is 3. The van der Waals surface area contributed by atoms with E-state index in [4.69, 9.17) is 14.8 Å². The van der Waals surface area contributed by atoms with Gasteiger partial charge in [-0.1, -0.05) is 24.0 Å². The molecule has 0 spiro atoms. The van der Waals surface area contributed by atoms with Crippen LogP contribution in [0.3, 0.4) is 0 Å². The van der Waals surface area contributed by atoms with Gasteiger partial charge in [0.05, 0.1) is 52.8 Å². The van der Waals surface area contributed by atoms with Crippen LogP contribution in [0.15, 0.2) is 42.9 Å². The molecular formula is C49H57F3N12O4. The fourth-order valence-electron chi connectivity index (χ4n) is 10.7. The molecule has 3 amide bonds. The minimum absolute atomic E-state index is 0.0292. The summed E-state index contributed by atoms with van der Waals surface area (Å²) in [5.74, 6) is 6.60. The van der Waals surface area contributed by atoms with Crippen molar-refractivity contribution in [3.05, 3.63) is 65.4 Å². The van der Waals surface area contributed by atoms with Gasteiger partial charge in [0, 0.05) is 76.6 Å². The SMILES string of the molecule is O=C1CCC(c2nn(C3CC3)c3c(C#CCO[C@H]4CCN(CC5CCC(n6cc(NC(=O)c7cnn8ccc(N9CCN(CC%10CC%10)CC9)nc78)c(C(F)F)n6)CC5)C[C@H]4F)cccc23)C(=O)N1. The number of halogens is 3. The molecule has 3 aliphatic heterocycles. The number of carbonyl (C=O) groups is 3. The van der Waals surface area contributed by atoms with Crippen LogP contribution in [-0.4, -0.2) is 133 Å². The van der Waals surface area contributed by atoms with Crippen LogP contribution in [-0.2, 0) is 14.3 Å². The lowest BCUT2D eigenvalue weighted by Crippen LogP contribution is -2.47. The standard InChI is InChI=1S/C49H57F3N12O4/c50-38-28-60(18-16-40(38)68-24-2-4-32-3-1-5-35-43(36-14-15-42(65)56-48(36)66)58-64(45(32)35)34-12-13-34)27-31-8-10-33(11-9-31)63-29-39(44(57-63)46(51)52)54-49(67)37-25-53-62-19-17-41(55-47(37)62)61-22-20-59(21-23-61)26-30-6-7-30/h1,3,5,17,19,25,29-31,33-34,36,38,40,46H,6-16,18,20-24,26-28H2,(H,54,67)(H,56,65,66)/t31?,33?,36?,38-,40+/m1/s1. The van der Waals surface area contributed by atoms with Crippen molar-refractivity contribution in [3.63, 3.8) is 0 Å². The summed E-state index contributed by atoms with van der Waals surface area (Å²) in [4.78, 5) is 49.9. The second kappa shape index (κ2) is 18.9. The number of piperidine rings is 2. The molecule has 3 saturated carbocycles. The Kier molecular flexibility index (Phi) is 12.4. The van der Waals surface area contributed by atoms with Gasteiger partial charge < -0.3 is 15.0 Å². The third kappa shape index (κ3) is 9.46. The van der Waals surface area contributed by atoms with Crippen LogP contribution in [0.4, 0.5) is 24.7 Å². The van der Waals surface area contributed by atoms with Crippen molar-refractivity contribution < 1.29 is 32.3 Å². The Hall–Kier alpha value is -5.84. The Morgan fingerprint density at radius 3 is 2.40 bits per heavy atom. The number of fused-ring (bicyclic) bond motifs is 2. The molecule has 6 fully saturated rings. The Bertz CT molecular complexity index is 2760. The second-order valence-corrected chi connectivity index (χ2v) is 19.7. The van der Waals surface area contributed by atoms with Gasteiger partial charge in [0.2, 0.25) is 11.8 Å². The van der Waals surface area contributed by atoms with Crippen LogP contribution in [0.25, 0.3) is 16.6 Å². The zero-order valence-corrected chi connectivity index (χ0v) is 38.0. The van der Waals surface area contributed by atoms with E-state index in [0.29, 0.717) is 36.6 Å². The Morgan fingerprint density at radius 1 is 0.897 bits per heavy atom. The molecule has 11 rings (SSSR count). The first-order valence-electron chi connectivity index (χ1n) is 24.4. The largest absolute Gasteiger partial charge is 0.362 e. The molecule has 2 N–H and O–H groups in total. The molecule has 5 aromatic rings. The average molecular weight is 935 g/mol. The van der Waals surface area contributed by atoms with E-state index in [-0.39, 0.29) is 54.7 Å². The van der Waals surface area contributed by atoms with E-state index < -0.39 is 36.2 Å². The van der Waals surface area contributed by atoms with E-state index in [1.54, 1.807) is 10.9 Å². The molecule has 358 valence electrons. The maximum Gasteiger partial charge on any atom is 0.284 e. The highest BCUT2D eigenvalue weighted by Gasteiger charge is 2.36. The molecule has 19 heteroatoms. The smallest absolute Gasteiger partial charge is 0.284 e. The molecule has 6 aliphatic rings. The Balaban J connectivity index is 0.660. The number of ether oxygens (including phenoxy) is 1.